The van der Waals surface area contributed by atoms with Crippen LogP contribution in [0.5, 0.6) is 0 Å². The second kappa shape index (κ2) is 10.1. The fraction of sp³-hybridized carbons (Fsp3) is 0.667. The molecule has 0 aromatic carbocycles. The third-order valence-electron chi connectivity index (χ3n) is 7.49. The minimum atomic E-state index is -0.595. The van der Waals surface area contributed by atoms with Crippen LogP contribution in [0.1, 0.15) is 84.1 Å². The Labute approximate surface area is 212 Å². The van der Waals surface area contributed by atoms with Crippen LogP contribution < -0.4 is 15.6 Å². The number of allylic oxidation sites excluding steroid dienone is 1. The summed E-state index contributed by atoms with van der Waals surface area (Å²) in [4.78, 5) is 18.5. The van der Waals surface area contributed by atoms with Crippen molar-refractivity contribution in [3.63, 3.8) is 0 Å². The molecular weight excluding hydrogens is 464 g/mol. The fourth-order valence-corrected chi connectivity index (χ4v) is 6.17. The lowest BCUT2D eigenvalue weighted by Gasteiger charge is -2.33. The first-order valence-electron chi connectivity index (χ1n) is 13.1. The highest BCUT2D eigenvalue weighted by Crippen LogP contribution is 2.39. The maximum atomic E-state index is 13.3. The number of azo groups is 1. The molecule has 1 amide bonds. The number of hydrogen-bond acceptors (Lipinski definition) is 5. The number of aromatic amines is 1. The van der Waals surface area contributed by atoms with E-state index < -0.39 is 5.60 Å². The normalized spacial score (nSPS) is 25.3. The molecule has 190 valence electrons. The first-order chi connectivity index (χ1) is 16.8. The second-order valence-corrected chi connectivity index (χ2v) is 11.6. The lowest BCUT2D eigenvalue weighted by molar-refractivity contribution is -0.0481. The summed E-state index contributed by atoms with van der Waals surface area (Å²) in [6.07, 6.45) is 14.5. The zero-order valence-corrected chi connectivity index (χ0v) is 21.9. The number of nitrogens with zero attached hydrogens (tertiary/aromatic N) is 3. The molecule has 2 saturated carbocycles. The number of aromatic nitrogens is 1. The molecule has 0 unspecified atom stereocenters. The number of fused-ring (bicyclic) bond motifs is 3. The van der Waals surface area contributed by atoms with Gasteiger partial charge in [-0.05, 0) is 76.9 Å². The molecule has 0 spiro atoms. The molecule has 0 atom stereocenters. The lowest BCUT2D eigenvalue weighted by Crippen LogP contribution is -2.39. The molecule has 7 nitrogen and oxygen atoms in total. The predicted molar refractivity (Wildman–Crippen MR) is 138 cm³/mol. The second-order valence-electron chi connectivity index (χ2n) is 11.2. The topological polar surface area (TPSA) is 79.3 Å². The Bertz CT molecular complexity index is 1130. The van der Waals surface area contributed by atoms with E-state index in [9.17, 15) is 4.79 Å². The predicted octanol–water partition coefficient (Wildman–Crippen LogP) is 5.66. The minimum Gasteiger partial charge on any atom is -0.443 e. The van der Waals surface area contributed by atoms with Crippen LogP contribution in [0.15, 0.2) is 21.3 Å². The Morgan fingerprint density at radius 3 is 2.51 bits per heavy atom. The van der Waals surface area contributed by atoms with E-state index in [4.69, 9.17) is 21.1 Å². The van der Waals surface area contributed by atoms with E-state index in [1.54, 1.807) is 11.1 Å². The van der Waals surface area contributed by atoms with Gasteiger partial charge >= 0.3 is 6.09 Å². The zero-order valence-electron chi connectivity index (χ0n) is 21.1. The summed E-state index contributed by atoms with van der Waals surface area (Å²) >= 11 is 6.94. The van der Waals surface area contributed by atoms with Gasteiger partial charge in [-0.15, -0.1) is 0 Å². The average molecular weight is 501 g/mol. The summed E-state index contributed by atoms with van der Waals surface area (Å²) < 4.78 is 12.2. The molecule has 0 saturated heterocycles. The number of ether oxygens (including phenoxy) is 2. The maximum absolute atomic E-state index is 13.3. The molecular formula is C27H37ClN4O3. The van der Waals surface area contributed by atoms with Gasteiger partial charge in [0.05, 0.1) is 41.3 Å². The van der Waals surface area contributed by atoms with E-state index >= 15 is 0 Å². The highest BCUT2D eigenvalue weighted by molar-refractivity contribution is 6.36. The molecule has 8 heteroatoms. The maximum Gasteiger partial charge on any atom is 0.415 e. The van der Waals surface area contributed by atoms with Crippen LogP contribution >= 0.6 is 11.6 Å². The summed E-state index contributed by atoms with van der Waals surface area (Å²) in [5, 5.41) is 10.8. The van der Waals surface area contributed by atoms with Crippen LogP contribution in [0.25, 0.3) is 11.8 Å². The van der Waals surface area contributed by atoms with Crippen molar-refractivity contribution in [2.45, 2.75) is 103 Å². The third-order valence-corrected chi connectivity index (χ3v) is 7.85. The van der Waals surface area contributed by atoms with Gasteiger partial charge in [-0.1, -0.05) is 30.9 Å². The monoisotopic (exact) mass is 500 g/mol. The van der Waals surface area contributed by atoms with Crippen molar-refractivity contribution in [3.05, 3.63) is 27.4 Å². The number of halogens is 1. The third kappa shape index (κ3) is 5.36. The van der Waals surface area contributed by atoms with Crippen LogP contribution in [-0.4, -0.2) is 35.4 Å². The van der Waals surface area contributed by atoms with Gasteiger partial charge in [0.2, 0.25) is 0 Å². The fourth-order valence-electron chi connectivity index (χ4n) is 5.86. The smallest absolute Gasteiger partial charge is 0.415 e. The van der Waals surface area contributed by atoms with Crippen molar-refractivity contribution in [1.29, 1.82) is 0 Å². The Morgan fingerprint density at radius 1 is 1.09 bits per heavy atom. The van der Waals surface area contributed by atoms with Crippen LogP contribution in [-0.2, 0) is 16.0 Å². The number of nitrogens with one attached hydrogen (secondary N) is 1. The molecule has 1 aromatic rings. The van der Waals surface area contributed by atoms with E-state index in [0.29, 0.717) is 36.2 Å². The summed E-state index contributed by atoms with van der Waals surface area (Å²) in [5.41, 5.74) is 2.29. The van der Waals surface area contributed by atoms with Crippen molar-refractivity contribution >= 4 is 35.2 Å². The van der Waals surface area contributed by atoms with Crippen molar-refractivity contribution in [2.75, 3.05) is 11.4 Å². The Morgan fingerprint density at radius 2 is 1.80 bits per heavy atom. The van der Waals surface area contributed by atoms with E-state index in [1.165, 1.54) is 32.1 Å². The highest BCUT2D eigenvalue weighted by Gasteiger charge is 2.34. The molecule has 2 aliphatic carbocycles. The molecule has 35 heavy (non-hydrogen) atoms. The van der Waals surface area contributed by atoms with Gasteiger partial charge in [0, 0.05) is 17.1 Å². The van der Waals surface area contributed by atoms with Gasteiger partial charge in [-0.25, -0.2) is 4.79 Å². The minimum absolute atomic E-state index is 0.302. The number of amides is 1. The number of H-pyrrole nitrogens is 1. The van der Waals surface area contributed by atoms with Crippen molar-refractivity contribution in [1.82, 2.24) is 4.98 Å². The number of anilines is 1. The molecule has 0 bridgehead atoms. The van der Waals surface area contributed by atoms with Crippen LogP contribution in [0.2, 0.25) is 0 Å². The van der Waals surface area contributed by atoms with Gasteiger partial charge in [0.1, 0.15) is 5.60 Å². The van der Waals surface area contributed by atoms with Gasteiger partial charge < -0.3 is 14.5 Å². The quantitative estimate of drug-likeness (QED) is 0.582. The SMILES string of the molecule is CC(C)(C)OC(=O)N1CC=C(Cl)C([C@H]2CC[C@H](OC3CCCCC3)CC2)=c2[nH]c3c(c21)CN=NC=3. The largest absolute Gasteiger partial charge is 0.443 e. The van der Waals surface area contributed by atoms with E-state index in [0.717, 1.165) is 53.2 Å². The van der Waals surface area contributed by atoms with Gasteiger partial charge in [0.25, 0.3) is 0 Å². The molecule has 4 aliphatic rings. The first kappa shape index (κ1) is 24.6. The van der Waals surface area contributed by atoms with Gasteiger partial charge in [-0.3, -0.25) is 4.90 Å². The van der Waals surface area contributed by atoms with Gasteiger partial charge in [0.15, 0.2) is 0 Å². The number of carbonyl (C=O) groups is 1. The van der Waals surface area contributed by atoms with Crippen molar-refractivity contribution in [2.24, 2.45) is 16.1 Å². The Hall–Kier alpha value is -2.12. The number of carbonyl (C=O) groups excluding carboxylic acids is 1. The average Bonchev–Trinajstić information content (AvgIpc) is 3.12. The van der Waals surface area contributed by atoms with Gasteiger partial charge in [-0.2, -0.15) is 10.2 Å². The molecule has 0 radical (unpaired) electrons. The summed E-state index contributed by atoms with van der Waals surface area (Å²) in [5.74, 6) is 0.302. The lowest BCUT2D eigenvalue weighted by atomic mass is 9.81. The summed E-state index contributed by atoms with van der Waals surface area (Å²) in [7, 11) is 0. The number of rotatable bonds is 3. The first-order valence-corrected chi connectivity index (χ1v) is 13.5. The molecule has 3 heterocycles. The summed E-state index contributed by atoms with van der Waals surface area (Å²) in [6, 6.07) is 0. The van der Waals surface area contributed by atoms with Crippen molar-refractivity contribution in [3.8, 4) is 0 Å². The Balaban J connectivity index is 1.46. The van der Waals surface area contributed by atoms with Crippen molar-refractivity contribution < 1.29 is 14.3 Å². The standard InChI is InChI=1S/C27H37ClN4O3/c1-27(2,3)35-26(33)32-14-13-21(28)23(24-25(32)20-15-29-30-16-22(20)31-24)17-9-11-19(12-10-17)34-18-7-5-4-6-8-18/h13,16-19,31H,4-12,14-15H2,1-3H3/t17-,19-. The van der Waals surface area contributed by atoms with Crippen LogP contribution in [0.3, 0.4) is 0 Å². The molecule has 2 fully saturated rings. The van der Waals surface area contributed by atoms with Crippen LogP contribution in [0, 0.1) is 5.92 Å². The summed E-state index contributed by atoms with van der Waals surface area (Å²) in [6.45, 7) is 6.42. The molecule has 1 aromatic heterocycles. The van der Waals surface area contributed by atoms with Crippen LogP contribution in [0.4, 0.5) is 10.5 Å². The molecule has 2 aliphatic heterocycles. The Kier molecular flexibility index (Phi) is 7.09. The highest BCUT2D eigenvalue weighted by atomic mass is 35.5. The number of hydrogen-bond donors (Lipinski definition) is 1. The molecule has 1 N–H and O–H groups in total. The van der Waals surface area contributed by atoms with E-state index in [2.05, 4.69) is 15.2 Å². The van der Waals surface area contributed by atoms with E-state index in [1.807, 2.05) is 26.8 Å². The van der Waals surface area contributed by atoms with E-state index in [-0.39, 0.29) is 6.09 Å². The zero-order chi connectivity index (χ0) is 24.6. The molecule has 5 rings (SSSR count).